The van der Waals surface area contributed by atoms with Gasteiger partial charge in [-0.1, -0.05) is 13.8 Å². The Morgan fingerprint density at radius 1 is 1.17 bits per heavy atom. The van der Waals surface area contributed by atoms with E-state index in [2.05, 4.69) is 13.8 Å². The molecule has 4 heteroatoms. The zero-order chi connectivity index (χ0) is 17.3. The highest BCUT2D eigenvalue weighted by atomic mass is 16.3. The lowest BCUT2D eigenvalue weighted by atomic mass is 9.43. The molecule has 4 rings (SSSR count). The van der Waals surface area contributed by atoms with Crippen LogP contribution in [0.5, 0.6) is 0 Å². The van der Waals surface area contributed by atoms with E-state index in [1.165, 1.54) is 0 Å². The van der Waals surface area contributed by atoms with Crippen LogP contribution in [0.1, 0.15) is 58.8 Å². The number of Topliss-reactive ketones (excluding diaryl/α,β-unsaturated/α-hetero) is 2. The van der Waals surface area contributed by atoms with E-state index in [4.69, 9.17) is 0 Å². The molecule has 0 aromatic carbocycles. The Morgan fingerprint density at radius 2 is 1.92 bits per heavy atom. The number of aliphatic hydroxyl groups excluding tert-OH is 2. The van der Waals surface area contributed by atoms with Gasteiger partial charge in [-0.25, -0.2) is 0 Å². The number of ketones is 2. The normalized spacial score (nSPS) is 54.2. The minimum absolute atomic E-state index is 0.0121. The maximum atomic E-state index is 12.5. The van der Waals surface area contributed by atoms with Crippen molar-refractivity contribution in [1.82, 2.24) is 0 Å². The second kappa shape index (κ2) is 5.38. The van der Waals surface area contributed by atoms with Gasteiger partial charge in [0.2, 0.25) is 0 Å². The topological polar surface area (TPSA) is 74.6 Å². The number of carbonyl (C=O) groups is 2. The minimum atomic E-state index is -0.387. The number of aliphatic hydroxyl groups is 2. The molecule has 0 aliphatic heterocycles. The highest BCUT2D eigenvalue weighted by molar-refractivity contribution is 5.87. The van der Waals surface area contributed by atoms with Crippen LogP contribution in [0.4, 0.5) is 0 Å². The van der Waals surface area contributed by atoms with Gasteiger partial charge in [0.05, 0.1) is 12.7 Å². The number of rotatable bonds is 1. The van der Waals surface area contributed by atoms with Crippen LogP contribution in [0.15, 0.2) is 0 Å². The molecule has 8 atom stereocenters. The van der Waals surface area contributed by atoms with E-state index in [1.54, 1.807) is 0 Å². The lowest BCUT2D eigenvalue weighted by Crippen LogP contribution is -2.59. The van der Waals surface area contributed by atoms with Crippen LogP contribution < -0.4 is 0 Å². The molecule has 24 heavy (non-hydrogen) atoms. The number of fused-ring (bicyclic) bond motifs is 5. The Bertz CT molecular complexity index is 572. The SMILES string of the molecule is C[C@]12CC(CO)C(=O)CC1C[C@@H](O)[C@@H]1[C@@H]2CC[C@]2(C)C(=O)CC[C@@H]12. The van der Waals surface area contributed by atoms with Crippen LogP contribution in [-0.2, 0) is 9.59 Å². The first kappa shape index (κ1) is 16.7. The van der Waals surface area contributed by atoms with Crippen LogP contribution in [0.2, 0.25) is 0 Å². The summed E-state index contributed by atoms with van der Waals surface area (Å²) in [6, 6.07) is 0. The van der Waals surface area contributed by atoms with E-state index in [9.17, 15) is 19.8 Å². The van der Waals surface area contributed by atoms with Gasteiger partial charge in [0.25, 0.3) is 0 Å². The zero-order valence-electron chi connectivity index (χ0n) is 14.8. The van der Waals surface area contributed by atoms with Crippen LogP contribution in [0.3, 0.4) is 0 Å². The highest BCUT2D eigenvalue weighted by Crippen LogP contribution is 2.65. The van der Waals surface area contributed by atoms with Gasteiger partial charge < -0.3 is 10.2 Å². The second-order valence-corrected chi connectivity index (χ2v) is 9.47. The molecule has 2 unspecified atom stereocenters. The van der Waals surface area contributed by atoms with E-state index in [0.29, 0.717) is 36.9 Å². The fraction of sp³-hybridized carbons (Fsp3) is 0.900. The van der Waals surface area contributed by atoms with Crippen molar-refractivity contribution in [2.45, 2.75) is 64.9 Å². The third-order valence-corrected chi connectivity index (χ3v) is 8.60. The summed E-state index contributed by atoms with van der Waals surface area (Å²) in [4.78, 5) is 24.7. The Morgan fingerprint density at radius 3 is 2.62 bits per heavy atom. The van der Waals surface area contributed by atoms with E-state index in [0.717, 1.165) is 25.7 Å². The maximum absolute atomic E-state index is 12.5. The van der Waals surface area contributed by atoms with Gasteiger partial charge in [-0.15, -0.1) is 0 Å². The summed E-state index contributed by atoms with van der Waals surface area (Å²) in [6.45, 7) is 4.35. The summed E-state index contributed by atoms with van der Waals surface area (Å²) in [5.74, 6) is 1.40. The molecule has 0 aromatic rings. The van der Waals surface area contributed by atoms with Gasteiger partial charge >= 0.3 is 0 Å². The van der Waals surface area contributed by atoms with Crippen molar-refractivity contribution in [2.24, 2.45) is 40.4 Å². The van der Waals surface area contributed by atoms with Crippen molar-refractivity contribution in [3.63, 3.8) is 0 Å². The molecule has 0 aromatic heterocycles. The largest absolute Gasteiger partial charge is 0.396 e. The van der Waals surface area contributed by atoms with Crippen LogP contribution in [0, 0.1) is 40.4 Å². The number of hydrogen-bond donors (Lipinski definition) is 2. The molecule has 4 aliphatic carbocycles. The molecule has 0 spiro atoms. The van der Waals surface area contributed by atoms with Crippen molar-refractivity contribution in [3.05, 3.63) is 0 Å². The van der Waals surface area contributed by atoms with Gasteiger partial charge in [-0.05, 0) is 61.2 Å². The summed E-state index contributed by atoms with van der Waals surface area (Å²) in [5.41, 5.74) is -0.232. The quantitative estimate of drug-likeness (QED) is 0.772. The number of carbonyl (C=O) groups excluding carboxylic acids is 2. The van der Waals surface area contributed by atoms with E-state index >= 15 is 0 Å². The average molecular weight is 334 g/mol. The Labute approximate surface area is 144 Å². The van der Waals surface area contributed by atoms with Gasteiger partial charge in [0, 0.05) is 24.2 Å². The molecule has 2 N–H and O–H groups in total. The molecule has 134 valence electrons. The fourth-order valence-electron chi connectivity index (χ4n) is 7.15. The molecule has 4 fully saturated rings. The monoisotopic (exact) mass is 334 g/mol. The molecule has 4 aliphatic rings. The predicted molar refractivity (Wildman–Crippen MR) is 89.1 cm³/mol. The Hall–Kier alpha value is -0.740. The lowest BCUT2D eigenvalue weighted by molar-refractivity contribution is -0.173. The van der Waals surface area contributed by atoms with Crippen LogP contribution in [0.25, 0.3) is 0 Å². The fourth-order valence-corrected chi connectivity index (χ4v) is 7.15. The minimum Gasteiger partial charge on any atom is -0.396 e. The van der Waals surface area contributed by atoms with Crippen molar-refractivity contribution < 1.29 is 19.8 Å². The van der Waals surface area contributed by atoms with Crippen LogP contribution in [-0.4, -0.2) is 34.5 Å². The first-order valence-electron chi connectivity index (χ1n) is 9.66. The van der Waals surface area contributed by atoms with Crippen molar-refractivity contribution in [1.29, 1.82) is 0 Å². The first-order chi connectivity index (χ1) is 11.3. The summed E-state index contributed by atoms with van der Waals surface area (Å²) >= 11 is 0. The van der Waals surface area contributed by atoms with E-state index < -0.39 is 0 Å². The molecule has 0 radical (unpaired) electrons. The first-order valence-corrected chi connectivity index (χ1v) is 9.66. The van der Waals surface area contributed by atoms with Crippen molar-refractivity contribution in [3.8, 4) is 0 Å². The zero-order valence-corrected chi connectivity index (χ0v) is 14.8. The third kappa shape index (κ3) is 2.05. The molecule has 4 saturated carbocycles. The Balaban J connectivity index is 1.69. The van der Waals surface area contributed by atoms with Crippen molar-refractivity contribution >= 4 is 11.6 Å². The van der Waals surface area contributed by atoms with Gasteiger partial charge in [0.1, 0.15) is 11.6 Å². The lowest BCUT2D eigenvalue weighted by Gasteiger charge is -2.61. The molecule has 0 bridgehead atoms. The average Bonchev–Trinajstić information content (AvgIpc) is 2.84. The molecule has 0 heterocycles. The molecule has 4 nitrogen and oxygen atoms in total. The van der Waals surface area contributed by atoms with Crippen molar-refractivity contribution in [2.75, 3.05) is 6.61 Å². The van der Waals surface area contributed by atoms with Gasteiger partial charge in [0.15, 0.2) is 0 Å². The Kier molecular flexibility index (Phi) is 3.74. The van der Waals surface area contributed by atoms with E-state index in [-0.39, 0.29) is 47.1 Å². The smallest absolute Gasteiger partial charge is 0.139 e. The number of hydrogen-bond acceptors (Lipinski definition) is 4. The van der Waals surface area contributed by atoms with Gasteiger partial charge in [-0.3, -0.25) is 9.59 Å². The third-order valence-electron chi connectivity index (χ3n) is 8.60. The molecular weight excluding hydrogens is 304 g/mol. The summed E-state index contributed by atoms with van der Waals surface area (Å²) in [6.07, 6.45) is 5.02. The van der Waals surface area contributed by atoms with Crippen LogP contribution >= 0.6 is 0 Å². The molecule has 0 amide bonds. The molecular formula is C20H30O4. The second-order valence-electron chi connectivity index (χ2n) is 9.47. The summed E-state index contributed by atoms with van der Waals surface area (Å²) in [7, 11) is 0. The van der Waals surface area contributed by atoms with E-state index in [1.807, 2.05) is 0 Å². The standard InChI is InChI=1S/C20H30O4/c1-19-6-5-14-18(13(19)3-4-17(19)24)16(23)8-12-7-15(22)11(10-21)9-20(12,14)2/h11-14,16,18,21,23H,3-10H2,1-2H3/t11?,12?,13-,14-,16+,18-,19-,20-/m0/s1. The predicted octanol–water partition coefficient (Wildman–Crippen LogP) is 2.36. The maximum Gasteiger partial charge on any atom is 0.139 e. The highest BCUT2D eigenvalue weighted by Gasteiger charge is 2.63. The molecule has 0 saturated heterocycles. The van der Waals surface area contributed by atoms with Gasteiger partial charge in [-0.2, -0.15) is 0 Å². The summed E-state index contributed by atoms with van der Waals surface area (Å²) < 4.78 is 0. The summed E-state index contributed by atoms with van der Waals surface area (Å²) in [5, 5.41) is 20.6.